The van der Waals surface area contributed by atoms with Crippen molar-refractivity contribution in [2.75, 3.05) is 23.3 Å². The first kappa shape index (κ1) is 18.7. The van der Waals surface area contributed by atoms with Crippen molar-refractivity contribution in [2.45, 2.75) is 12.8 Å². The fraction of sp³-hybridized carbons (Fsp3) is 0.263. The first-order valence-electron chi connectivity index (χ1n) is 8.95. The van der Waals surface area contributed by atoms with Crippen molar-refractivity contribution in [3.05, 3.63) is 58.8 Å². The lowest BCUT2D eigenvalue weighted by Crippen LogP contribution is -2.41. The number of anilines is 2. The molecule has 1 N–H and O–H groups in total. The van der Waals surface area contributed by atoms with Crippen molar-refractivity contribution >= 4 is 40.6 Å². The number of hydrogen-bond acceptors (Lipinski definition) is 5. The average molecular weight is 417 g/mol. The highest BCUT2D eigenvalue weighted by atomic mass is 35.5. The molecule has 1 aromatic carbocycles. The van der Waals surface area contributed by atoms with Gasteiger partial charge in [0.15, 0.2) is 11.6 Å². The Bertz CT molecular complexity index is 961. The van der Waals surface area contributed by atoms with Crippen LogP contribution in [0.15, 0.2) is 48.8 Å². The SMILES string of the molecule is O=C(Nc1cc(Cl)ccc1Cl)C1CCCN(c2ccc(-n3cccn3)nn2)C1. The third-order valence-electron chi connectivity index (χ3n) is 4.68. The lowest BCUT2D eigenvalue weighted by atomic mass is 9.97. The molecular formula is C19H18Cl2N6O. The second-order valence-corrected chi connectivity index (χ2v) is 7.44. The van der Waals surface area contributed by atoms with Crippen LogP contribution < -0.4 is 10.2 Å². The van der Waals surface area contributed by atoms with E-state index < -0.39 is 0 Å². The average Bonchev–Trinajstić information content (AvgIpc) is 3.26. The van der Waals surface area contributed by atoms with E-state index in [1.807, 2.05) is 24.4 Å². The van der Waals surface area contributed by atoms with Crippen LogP contribution in [-0.4, -0.2) is 39.0 Å². The topological polar surface area (TPSA) is 75.9 Å². The third-order valence-corrected chi connectivity index (χ3v) is 5.24. The van der Waals surface area contributed by atoms with Gasteiger partial charge in [-0.1, -0.05) is 23.2 Å². The molecular weight excluding hydrogens is 399 g/mol. The number of halogens is 2. The number of nitrogens with zero attached hydrogens (tertiary/aromatic N) is 5. The van der Waals surface area contributed by atoms with Gasteiger partial charge in [0.05, 0.1) is 16.6 Å². The summed E-state index contributed by atoms with van der Waals surface area (Å²) in [6.45, 7) is 1.40. The van der Waals surface area contributed by atoms with Crippen LogP contribution in [0.1, 0.15) is 12.8 Å². The Morgan fingerprint density at radius 1 is 1.14 bits per heavy atom. The van der Waals surface area contributed by atoms with E-state index in [1.165, 1.54) is 0 Å². The molecule has 0 bridgehead atoms. The number of aromatic nitrogens is 4. The highest BCUT2D eigenvalue weighted by molar-refractivity contribution is 6.35. The fourth-order valence-electron chi connectivity index (χ4n) is 3.24. The number of hydrogen-bond donors (Lipinski definition) is 1. The van der Waals surface area contributed by atoms with E-state index in [2.05, 4.69) is 25.5 Å². The highest BCUT2D eigenvalue weighted by Gasteiger charge is 2.27. The molecule has 1 unspecified atom stereocenters. The van der Waals surface area contributed by atoms with Gasteiger partial charge in [-0.3, -0.25) is 4.79 Å². The number of carbonyl (C=O) groups is 1. The lowest BCUT2D eigenvalue weighted by Gasteiger charge is -2.32. The Labute approximate surface area is 172 Å². The Morgan fingerprint density at radius 3 is 2.71 bits per heavy atom. The van der Waals surface area contributed by atoms with Gasteiger partial charge in [-0.15, -0.1) is 10.2 Å². The van der Waals surface area contributed by atoms with Crippen LogP contribution in [-0.2, 0) is 4.79 Å². The number of carbonyl (C=O) groups excluding carboxylic acids is 1. The number of benzene rings is 1. The summed E-state index contributed by atoms with van der Waals surface area (Å²) in [6.07, 6.45) is 5.20. The molecule has 0 aliphatic carbocycles. The third kappa shape index (κ3) is 4.10. The van der Waals surface area contributed by atoms with Gasteiger partial charge in [-0.2, -0.15) is 5.10 Å². The summed E-state index contributed by atoms with van der Waals surface area (Å²) in [5, 5.41) is 16.6. The number of amides is 1. The number of piperidine rings is 1. The summed E-state index contributed by atoms with van der Waals surface area (Å²) in [5.41, 5.74) is 0.527. The van der Waals surface area contributed by atoms with Crippen molar-refractivity contribution in [1.29, 1.82) is 0 Å². The lowest BCUT2D eigenvalue weighted by molar-refractivity contribution is -0.120. The Kier molecular flexibility index (Phi) is 5.45. The molecule has 3 heterocycles. The Morgan fingerprint density at radius 2 is 1.96 bits per heavy atom. The molecule has 9 heteroatoms. The highest BCUT2D eigenvalue weighted by Crippen LogP contribution is 2.28. The molecule has 3 aromatic rings. The Hall–Kier alpha value is -2.64. The molecule has 0 spiro atoms. The minimum absolute atomic E-state index is 0.0741. The summed E-state index contributed by atoms with van der Waals surface area (Å²) >= 11 is 12.2. The summed E-state index contributed by atoms with van der Waals surface area (Å²) in [6, 6.07) is 10.6. The number of rotatable bonds is 4. The van der Waals surface area contributed by atoms with E-state index in [0.717, 1.165) is 25.2 Å². The second-order valence-electron chi connectivity index (χ2n) is 6.60. The maximum atomic E-state index is 12.7. The first-order valence-corrected chi connectivity index (χ1v) is 9.70. The zero-order chi connectivity index (χ0) is 19.5. The van der Waals surface area contributed by atoms with Gasteiger partial charge >= 0.3 is 0 Å². The quantitative estimate of drug-likeness (QED) is 0.699. The van der Waals surface area contributed by atoms with Crippen LogP contribution in [0.5, 0.6) is 0 Å². The van der Waals surface area contributed by atoms with Gasteiger partial charge < -0.3 is 10.2 Å². The molecule has 4 rings (SSSR count). The molecule has 1 saturated heterocycles. The van der Waals surface area contributed by atoms with E-state index in [-0.39, 0.29) is 11.8 Å². The minimum Gasteiger partial charge on any atom is -0.354 e. The molecule has 1 atom stereocenters. The molecule has 1 aliphatic heterocycles. The zero-order valence-electron chi connectivity index (χ0n) is 14.9. The van der Waals surface area contributed by atoms with Crippen LogP contribution in [0, 0.1) is 5.92 Å². The van der Waals surface area contributed by atoms with Gasteiger partial charge in [-0.05, 0) is 49.2 Å². The van der Waals surface area contributed by atoms with Crippen LogP contribution >= 0.6 is 23.2 Å². The van der Waals surface area contributed by atoms with Crippen molar-refractivity contribution in [3.8, 4) is 5.82 Å². The van der Waals surface area contributed by atoms with E-state index in [0.29, 0.717) is 28.1 Å². The summed E-state index contributed by atoms with van der Waals surface area (Å²) in [4.78, 5) is 14.8. The van der Waals surface area contributed by atoms with E-state index in [4.69, 9.17) is 23.2 Å². The van der Waals surface area contributed by atoms with Crippen LogP contribution in [0.25, 0.3) is 5.82 Å². The molecule has 7 nitrogen and oxygen atoms in total. The normalized spacial score (nSPS) is 16.8. The van der Waals surface area contributed by atoms with E-state index in [9.17, 15) is 4.79 Å². The zero-order valence-corrected chi connectivity index (χ0v) is 16.4. The Balaban J connectivity index is 1.44. The molecule has 0 saturated carbocycles. The monoisotopic (exact) mass is 416 g/mol. The van der Waals surface area contributed by atoms with Crippen molar-refractivity contribution in [1.82, 2.24) is 20.0 Å². The van der Waals surface area contributed by atoms with E-state index >= 15 is 0 Å². The molecule has 1 fully saturated rings. The van der Waals surface area contributed by atoms with Crippen LogP contribution in [0.3, 0.4) is 0 Å². The van der Waals surface area contributed by atoms with Crippen LogP contribution in [0.2, 0.25) is 10.0 Å². The molecule has 1 aliphatic rings. The standard InChI is InChI=1S/C19H18Cl2N6O/c20-14-4-5-15(21)16(11-14)23-19(28)13-3-1-9-26(12-13)17-6-7-18(25-24-17)27-10-2-8-22-27/h2,4-8,10-11,13H,1,3,9,12H2,(H,23,28). The summed E-state index contributed by atoms with van der Waals surface area (Å²) < 4.78 is 1.65. The number of nitrogens with one attached hydrogen (secondary N) is 1. The van der Waals surface area contributed by atoms with Crippen molar-refractivity contribution in [3.63, 3.8) is 0 Å². The molecule has 2 aromatic heterocycles. The van der Waals surface area contributed by atoms with Gasteiger partial charge in [0.25, 0.3) is 0 Å². The second kappa shape index (κ2) is 8.16. The van der Waals surface area contributed by atoms with Crippen molar-refractivity contribution in [2.24, 2.45) is 5.92 Å². The van der Waals surface area contributed by atoms with Gasteiger partial charge in [0.1, 0.15) is 0 Å². The predicted molar refractivity (Wildman–Crippen MR) is 109 cm³/mol. The maximum Gasteiger partial charge on any atom is 0.229 e. The van der Waals surface area contributed by atoms with Crippen molar-refractivity contribution < 1.29 is 4.79 Å². The first-order chi connectivity index (χ1) is 13.6. The van der Waals surface area contributed by atoms with Crippen LogP contribution in [0.4, 0.5) is 11.5 Å². The fourth-order valence-corrected chi connectivity index (χ4v) is 3.58. The minimum atomic E-state index is -0.170. The van der Waals surface area contributed by atoms with Gasteiger partial charge in [0.2, 0.25) is 5.91 Å². The maximum absolute atomic E-state index is 12.7. The summed E-state index contributed by atoms with van der Waals surface area (Å²) in [7, 11) is 0. The molecule has 1 amide bonds. The largest absolute Gasteiger partial charge is 0.354 e. The summed E-state index contributed by atoms with van der Waals surface area (Å²) in [5.74, 6) is 1.15. The van der Waals surface area contributed by atoms with Gasteiger partial charge in [-0.25, -0.2) is 4.68 Å². The smallest absolute Gasteiger partial charge is 0.229 e. The molecule has 0 radical (unpaired) electrons. The van der Waals surface area contributed by atoms with Gasteiger partial charge in [0, 0.05) is 30.5 Å². The predicted octanol–water partition coefficient (Wildman–Crippen LogP) is 3.82. The molecule has 144 valence electrons. The van der Waals surface area contributed by atoms with E-state index in [1.54, 1.807) is 29.1 Å². The molecule has 28 heavy (non-hydrogen) atoms.